The second-order valence-electron chi connectivity index (χ2n) is 3.44. The maximum atomic E-state index is 11.7. The molecule has 1 aromatic carbocycles. The van der Waals surface area contributed by atoms with Crippen LogP contribution in [0.3, 0.4) is 0 Å². The third kappa shape index (κ3) is 5.44. The Morgan fingerprint density at radius 2 is 1.84 bits per heavy atom. The van der Waals surface area contributed by atoms with Crippen LogP contribution in [0.2, 0.25) is 10.0 Å². The molecule has 4 nitrogen and oxygen atoms in total. The van der Waals surface area contributed by atoms with E-state index in [9.17, 15) is 14.0 Å². The Labute approximate surface area is 119 Å². The largest absolute Gasteiger partial charge is 0.463 e. The topological polar surface area (TPSA) is 52.6 Å². The fourth-order valence-electron chi connectivity index (χ4n) is 1.17. The van der Waals surface area contributed by atoms with E-state index in [0.29, 0.717) is 0 Å². The summed E-state index contributed by atoms with van der Waals surface area (Å²) in [7, 11) is 0. The van der Waals surface area contributed by atoms with Crippen LogP contribution in [0, 0.1) is 0 Å². The summed E-state index contributed by atoms with van der Waals surface area (Å²) in [5, 5.41) is 0.381. The molecule has 104 valence electrons. The number of hydrogen-bond donors (Lipinski definition) is 0. The molecule has 0 radical (unpaired) electrons. The molecule has 1 aromatic rings. The lowest BCUT2D eigenvalue weighted by atomic mass is 10.3. The van der Waals surface area contributed by atoms with E-state index >= 15 is 0 Å². The highest BCUT2D eigenvalue weighted by atomic mass is 35.5. The molecule has 0 saturated heterocycles. The van der Waals surface area contributed by atoms with Gasteiger partial charge in [-0.15, -0.1) is 0 Å². The monoisotopic (exact) mass is 308 g/mol. The van der Waals surface area contributed by atoms with Crippen molar-refractivity contribution >= 4 is 35.1 Å². The van der Waals surface area contributed by atoms with Gasteiger partial charge in [-0.25, -0.2) is 4.39 Å². The highest BCUT2D eigenvalue weighted by molar-refractivity contribution is 6.43. The van der Waals surface area contributed by atoms with Crippen molar-refractivity contribution in [2.45, 2.75) is 12.8 Å². The third-order valence-corrected chi connectivity index (χ3v) is 2.81. The average Bonchev–Trinajstić information content (AvgIpc) is 2.39. The number of hydrogen-bond acceptors (Lipinski definition) is 4. The van der Waals surface area contributed by atoms with Crippen LogP contribution in [-0.4, -0.2) is 25.2 Å². The first-order valence-electron chi connectivity index (χ1n) is 5.41. The predicted molar refractivity (Wildman–Crippen MR) is 68.3 cm³/mol. The van der Waals surface area contributed by atoms with E-state index < -0.39 is 18.6 Å². The molecule has 0 amide bonds. The summed E-state index contributed by atoms with van der Waals surface area (Å²) >= 11 is 11.6. The van der Waals surface area contributed by atoms with Crippen LogP contribution in [0.15, 0.2) is 18.2 Å². The molecule has 0 atom stereocenters. The van der Waals surface area contributed by atoms with Crippen molar-refractivity contribution in [3.8, 4) is 5.75 Å². The van der Waals surface area contributed by atoms with Crippen molar-refractivity contribution in [3.05, 3.63) is 28.2 Å². The maximum Gasteiger partial charge on any atom is 0.311 e. The Hall–Kier alpha value is -1.33. The summed E-state index contributed by atoms with van der Waals surface area (Å²) in [5.41, 5.74) is 0. The summed E-state index contributed by atoms with van der Waals surface area (Å²) in [6, 6.07) is 4.61. The van der Waals surface area contributed by atoms with E-state index in [2.05, 4.69) is 4.74 Å². The molecule has 0 aliphatic heterocycles. The molecule has 0 aromatic heterocycles. The molecule has 0 fully saturated rings. The lowest BCUT2D eigenvalue weighted by Gasteiger charge is -2.07. The first-order valence-corrected chi connectivity index (χ1v) is 6.16. The minimum atomic E-state index is -0.756. The number of ether oxygens (including phenoxy) is 2. The lowest BCUT2D eigenvalue weighted by Crippen LogP contribution is -2.13. The minimum Gasteiger partial charge on any atom is -0.463 e. The molecule has 1 rings (SSSR count). The molecule has 0 bridgehead atoms. The molecule has 0 aliphatic carbocycles. The first kappa shape index (κ1) is 15.7. The molecule has 0 aliphatic rings. The molecule has 0 spiro atoms. The van der Waals surface area contributed by atoms with Gasteiger partial charge in [-0.3, -0.25) is 9.59 Å². The zero-order valence-electron chi connectivity index (χ0n) is 9.83. The molecular formula is C12H11Cl2FO4. The molecule has 0 N–H and O–H groups in total. The summed E-state index contributed by atoms with van der Waals surface area (Å²) in [4.78, 5) is 22.5. The van der Waals surface area contributed by atoms with Crippen molar-refractivity contribution in [2.75, 3.05) is 13.3 Å². The van der Waals surface area contributed by atoms with Gasteiger partial charge in [0.2, 0.25) is 0 Å². The van der Waals surface area contributed by atoms with E-state index in [1.165, 1.54) is 6.07 Å². The van der Waals surface area contributed by atoms with Gasteiger partial charge in [-0.1, -0.05) is 29.3 Å². The van der Waals surface area contributed by atoms with E-state index in [0.717, 1.165) is 0 Å². The van der Waals surface area contributed by atoms with Crippen LogP contribution in [-0.2, 0) is 14.3 Å². The Morgan fingerprint density at radius 3 is 2.53 bits per heavy atom. The minimum absolute atomic E-state index is 0.122. The summed E-state index contributed by atoms with van der Waals surface area (Å²) in [5.74, 6) is -1.19. The fourth-order valence-corrected chi connectivity index (χ4v) is 1.50. The van der Waals surface area contributed by atoms with Gasteiger partial charge < -0.3 is 9.47 Å². The first-order chi connectivity index (χ1) is 9.04. The zero-order chi connectivity index (χ0) is 14.3. The van der Waals surface area contributed by atoms with Gasteiger partial charge in [-0.05, 0) is 12.1 Å². The van der Waals surface area contributed by atoms with Crippen LogP contribution in [0.25, 0.3) is 0 Å². The molecule has 0 unspecified atom stereocenters. The molecule has 19 heavy (non-hydrogen) atoms. The number of halogens is 3. The number of alkyl halides is 1. The standard InChI is InChI=1S/C12H11Cl2FO4/c13-8-2-1-3-9(12(8)14)19-11(17)5-4-10(16)18-7-6-15/h1-3H,4-7H2. The van der Waals surface area contributed by atoms with Crippen LogP contribution in [0.5, 0.6) is 5.75 Å². The Balaban J connectivity index is 2.43. The van der Waals surface area contributed by atoms with Crippen molar-refractivity contribution < 1.29 is 23.5 Å². The Morgan fingerprint density at radius 1 is 1.16 bits per heavy atom. The highest BCUT2D eigenvalue weighted by Crippen LogP contribution is 2.31. The summed E-state index contributed by atoms with van der Waals surface area (Å²) in [6.07, 6.45) is -0.370. The zero-order valence-corrected chi connectivity index (χ0v) is 11.3. The molecule has 7 heteroatoms. The van der Waals surface area contributed by atoms with Crippen LogP contribution in [0.4, 0.5) is 4.39 Å². The Bertz CT molecular complexity index is 465. The van der Waals surface area contributed by atoms with Gasteiger partial charge in [0.25, 0.3) is 0 Å². The van der Waals surface area contributed by atoms with Gasteiger partial charge in [0, 0.05) is 0 Å². The fraction of sp³-hybridized carbons (Fsp3) is 0.333. The number of esters is 2. The number of carbonyl (C=O) groups is 2. The molecular weight excluding hydrogens is 298 g/mol. The quantitative estimate of drug-likeness (QED) is 0.598. The van der Waals surface area contributed by atoms with Crippen LogP contribution < -0.4 is 4.74 Å². The Kier molecular flexibility index (Phi) is 6.59. The van der Waals surface area contributed by atoms with Crippen LogP contribution >= 0.6 is 23.2 Å². The average molecular weight is 309 g/mol. The van der Waals surface area contributed by atoms with Gasteiger partial charge in [0.1, 0.15) is 18.3 Å². The van der Waals surface area contributed by atoms with E-state index in [1.807, 2.05) is 0 Å². The number of carbonyl (C=O) groups excluding carboxylic acids is 2. The van der Waals surface area contributed by atoms with E-state index in [-0.39, 0.29) is 35.2 Å². The molecule has 0 saturated carbocycles. The number of benzene rings is 1. The van der Waals surface area contributed by atoms with Crippen molar-refractivity contribution in [1.29, 1.82) is 0 Å². The van der Waals surface area contributed by atoms with Gasteiger partial charge in [0.15, 0.2) is 5.75 Å². The van der Waals surface area contributed by atoms with Gasteiger partial charge >= 0.3 is 11.9 Å². The normalized spacial score (nSPS) is 10.1. The molecule has 0 heterocycles. The summed E-state index contributed by atoms with van der Waals surface area (Å²) in [6.45, 7) is -1.07. The van der Waals surface area contributed by atoms with E-state index in [1.54, 1.807) is 12.1 Å². The third-order valence-electron chi connectivity index (χ3n) is 2.01. The van der Waals surface area contributed by atoms with Gasteiger partial charge in [0.05, 0.1) is 17.9 Å². The second kappa shape index (κ2) is 7.96. The van der Waals surface area contributed by atoms with Crippen LogP contribution in [0.1, 0.15) is 12.8 Å². The predicted octanol–water partition coefficient (Wildman–Crippen LogP) is 3.19. The van der Waals surface area contributed by atoms with Crippen molar-refractivity contribution in [1.82, 2.24) is 0 Å². The van der Waals surface area contributed by atoms with Gasteiger partial charge in [-0.2, -0.15) is 0 Å². The van der Waals surface area contributed by atoms with E-state index in [4.69, 9.17) is 27.9 Å². The second-order valence-corrected chi connectivity index (χ2v) is 4.22. The van der Waals surface area contributed by atoms with Crippen molar-refractivity contribution in [2.24, 2.45) is 0 Å². The maximum absolute atomic E-state index is 11.7. The van der Waals surface area contributed by atoms with Crippen molar-refractivity contribution in [3.63, 3.8) is 0 Å². The number of rotatable bonds is 6. The SMILES string of the molecule is O=C(CCC(=O)Oc1cccc(Cl)c1Cl)OCCF. The highest BCUT2D eigenvalue weighted by Gasteiger charge is 2.13. The lowest BCUT2D eigenvalue weighted by molar-refractivity contribution is -0.147. The smallest absolute Gasteiger partial charge is 0.311 e. The summed E-state index contributed by atoms with van der Waals surface area (Å²) < 4.78 is 21.1.